The summed E-state index contributed by atoms with van der Waals surface area (Å²) in [5.74, 6) is -0.0893. The SMILES string of the molecule is Cn1cc(/C=C2\C(=O)Nc3ccc(N)cc32)c2ccccc21. The average molecular weight is 289 g/mol. The summed E-state index contributed by atoms with van der Waals surface area (Å²) in [4.78, 5) is 12.3. The van der Waals surface area contributed by atoms with Gasteiger partial charge in [0, 0.05) is 52.2 Å². The monoisotopic (exact) mass is 289 g/mol. The molecule has 0 unspecified atom stereocenters. The third-order valence-corrected chi connectivity index (χ3v) is 4.05. The number of amides is 1. The van der Waals surface area contributed by atoms with Gasteiger partial charge < -0.3 is 15.6 Å². The molecule has 0 atom stereocenters. The first kappa shape index (κ1) is 12.7. The van der Waals surface area contributed by atoms with E-state index in [0.717, 1.165) is 27.7 Å². The van der Waals surface area contributed by atoms with Crippen LogP contribution in [0.15, 0.2) is 48.7 Å². The van der Waals surface area contributed by atoms with E-state index in [-0.39, 0.29) is 5.91 Å². The lowest BCUT2D eigenvalue weighted by atomic mass is 10.0. The lowest BCUT2D eigenvalue weighted by molar-refractivity contribution is -0.110. The molecule has 4 heteroatoms. The topological polar surface area (TPSA) is 60.0 Å². The number of benzene rings is 2. The van der Waals surface area contributed by atoms with Gasteiger partial charge in [-0.25, -0.2) is 0 Å². The van der Waals surface area contributed by atoms with Crippen LogP contribution in [0.5, 0.6) is 0 Å². The van der Waals surface area contributed by atoms with E-state index < -0.39 is 0 Å². The molecule has 0 aliphatic carbocycles. The first-order valence-electron chi connectivity index (χ1n) is 7.10. The molecule has 4 nitrogen and oxygen atoms in total. The van der Waals surface area contributed by atoms with Gasteiger partial charge in [0.1, 0.15) is 0 Å². The fourth-order valence-corrected chi connectivity index (χ4v) is 2.99. The highest BCUT2D eigenvalue weighted by atomic mass is 16.2. The molecular formula is C18H15N3O. The quantitative estimate of drug-likeness (QED) is 0.533. The van der Waals surface area contributed by atoms with Crippen molar-refractivity contribution in [2.75, 3.05) is 11.1 Å². The molecule has 1 aliphatic heterocycles. The van der Waals surface area contributed by atoms with Crippen molar-refractivity contribution in [3.05, 3.63) is 59.8 Å². The molecular weight excluding hydrogens is 274 g/mol. The van der Waals surface area contributed by atoms with E-state index in [2.05, 4.69) is 22.0 Å². The minimum absolute atomic E-state index is 0.0893. The van der Waals surface area contributed by atoms with Gasteiger partial charge in [-0.05, 0) is 30.3 Å². The van der Waals surface area contributed by atoms with Gasteiger partial charge in [-0.2, -0.15) is 0 Å². The summed E-state index contributed by atoms with van der Waals surface area (Å²) in [6.45, 7) is 0. The maximum absolute atomic E-state index is 12.3. The Labute approximate surface area is 127 Å². The van der Waals surface area contributed by atoms with Gasteiger partial charge in [-0.3, -0.25) is 4.79 Å². The number of carbonyl (C=O) groups is 1. The Balaban J connectivity index is 1.93. The minimum atomic E-state index is -0.0893. The predicted octanol–water partition coefficient (Wildman–Crippen LogP) is 3.25. The summed E-state index contributed by atoms with van der Waals surface area (Å²) in [5.41, 5.74) is 11.0. The molecule has 0 radical (unpaired) electrons. The molecule has 0 saturated carbocycles. The van der Waals surface area contributed by atoms with Crippen LogP contribution in [0.2, 0.25) is 0 Å². The zero-order chi connectivity index (χ0) is 15.3. The Hall–Kier alpha value is -3.01. The highest BCUT2D eigenvalue weighted by Gasteiger charge is 2.24. The number of nitrogens with two attached hydrogens (primary N) is 1. The second kappa shape index (κ2) is 4.49. The zero-order valence-corrected chi connectivity index (χ0v) is 12.1. The van der Waals surface area contributed by atoms with E-state index >= 15 is 0 Å². The van der Waals surface area contributed by atoms with Crippen LogP contribution in [0.1, 0.15) is 11.1 Å². The third-order valence-electron chi connectivity index (χ3n) is 4.05. The van der Waals surface area contributed by atoms with Crippen molar-refractivity contribution >= 4 is 39.8 Å². The number of carbonyl (C=O) groups excluding carboxylic acids is 1. The van der Waals surface area contributed by atoms with Gasteiger partial charge in [0.25, 0.3) is 5.91 Å². The number of para-hydroxylation sites is 1. The molecule has 0 bridgehead atoms. The summed E-state index contributed by atoms with van der Waals surface area (Å²) in [5, 5.41) is 4.01. The third kappa shape index (κ3) is 1.81. The molecule has 2 aromatic carbocycles. The maximum atomic E-state index is 12.3. The van der Waals surface area contributed by atoms with Gasteiger partial charge in [0.05, 0.1) is 0 Å². The van der Waals surface area contributed by atoms with Crippen molar-refractivity contribution in [1.29, 1.82) is 0 Å². The smallest absolute Gasteiger partial charge is 0.256 e. The first-order valence-corrected chi connectivity index (χ1v) is 7.10. The highest BCUT2D eigenvalue weighted by molar-refractivity contribution is 6.35. The number of hydrogen-bond donors (Lipinski definition) is 2. The van der Waals surface area contributed by atoms with E-state index in [1.165, 1.54) is 0 Å². The lowest BCUT2D eigenvalue weighted by Crippen LogP contribution is -2.03. The molecule has 22 heavy (non-hydrogen) atoms. The zero-order valence-electron chi connectivity index (χ0n) is 12.1. The van der Waals surface area contributed by atoms with Crippen LogP contribution in [0.25, 0.3) is 22.6 Å². The van der Waals surface area contributed by atoms with E-state index in [1.807, 2.05) is 43.6 Å². The number of hydrogen-bond acceptors (Lipinski definition) is 2. The predicted molar refractivity (Wildman–Crippen MR) is 90.3 cm³/mol. The maximum Gasteiger partial charge on any atom is 0.256 e. The van der Waals surface area contributed by atoms with Crippen molar-refractivity contribution < 1.29 is 4.79 Å². The average Bonchev–Trinajstić information content (AvgIpc) is 2.99. The van der Waals surface area contributed by atoms with Gasteiger partial charge in [0.15, 0.2) is 0 Å². The Morgan fingerprint density at radius 3 is 2.86 bits per heavy atom. The number of rotatable bonds is 1. The lowest BCUT2D eigenvalue weighted by Gasteiger charge is -2.00. The van der Waals surface area contributed by atoms with Crippen LogP contribution in [0.4, 0.5) is 11.4 Å². The van der Waals surface area contributed by atoms with Crippen LogP contribution in [-0.2, 0) is 11.8 Å². The van der Waals surface area contributed by atoms with Crippen molar-refractivity contribution in [3.63, 3.8) is 0 Å². The van der Waals surface area contributed by atoms with E-state index in [4.69, 9.17) is 5.73 Å². The summed E-state index contributed by atoms with van der Waals surface area (Å²) < 4.78 is 2.06. The number of aryl methyl sites for hydroxylation is 1. The standard InChI is InChI=1S/C18H15N3O/c1-21-10-11(13-4-2-3-5-17(13)21)8-15-14-9-12(19)6-7-16(14)20-18(15)22/h2-10H,19H2,1H3,(H,20,22)/b15-8-. The molecule has 4 rings (SSSR count). The van der Waals surface area contributed by atoms with Gasteiger partial charge in [0.2, 0.25) is 0 Å². The largest absolute Gasteiger partial charge is 0.399 e. The van der Waals surface area contributed by atoms with Crippen LogP contribution < -0.4 is 11.1 Å². The highest BCUT2D eigenvalue weighted by Crippen LogP contribution is 2.35. The fraction of sp³-hybridized carbons (Fsp3) is 0.0556. The summed E-state index contributed by atoms with van der Waals surface area (Å²) in [6, 6.07) is 13.6. The van der Waals surface area contributed by atoms with E-state index in [0.29, 0.717) is 11.3 Å². The molecule has 1 aromatic heterocycles. The normalized spacial score (nSPS) is 15.3. The van der Waals surface area contributed by atoms with Crippen molar-refractivity contribution in [2.45, 2.75) is 0 Å². The van der Waals surface area contributed by atoms with Crippen LogP contribution in [-0.4, -0.2) is 10.5 Å². The van der Waals surface area contributed by atoms with E-state index in [1.54, 1.807) is 6.07 Å². The Morgan fingerprint density at radius 1 is 1.18 bits per heavy atom. The molecule has 2 heterocycles. The molecule has 0 spiro atoms. The Morgan fingerprint density at radius 2 is 2.00 bits per heavy atom. The molecule has 108 valence electrons. The van der Waals surface area contributed by atoms with Crippen molar-refractivity contribution in [1.82, 2.24) is 4.57 Å². The van der Waals surface area contributed by atoms with Crippen LogP contribution in [0, 0.1) is 0 Å². The summed E-state index contributed by atoms with van der Waals surface area (Å²) >= 11 is 0. The van der Waals surface area contributed by atoms with Crippen LogP contribution >= 0.6 is 0 Å². The molecule has 0 fully saturated rings. The first-order chi connectivity index (χ1) is 10.6. The van der Waals surface area contributed by atoms with Crippen molar-refractivity contribution in [2.24, 2.45) is 7.05 Å². The molecule has 1 amide bonds. The van der Waals surface area contributed by atoms with E-state index in [9.17, 15) is 4.79 Å². The fourth-order valence-electron chi connectivity index (χ4n) is 2.99. The number of nitrogens with one attached hydrogen (secondary N) is 1. The second-order valence-corrected chi connectivity index (χ2v) is 5.53. The molecule has 3 N–H and O–H groups in total. The Bertz CT molecular complexity index is 950. The van der Waals surface area contributed by atoms with Crippen LogP contribution in [0.3, 0.4) is 0 Å². The number of nitrogens with zero attached hydrogens (tertiary/aromatic N) is 1. The summed E-state index contributed by atoms with van der Waals surface area (Å²) in [6.07, 6.45) is 3.97. The van der Waals surface area contributed by atoms with Gasteiger partial charge >= 0.3 is 0 Å². The summed E-state index contributed by atoms with van der Waals surface area (Å²) in [7, 11) is 2.00. The molecule has 3 aromatic rings. The minimum Gasteiger partial charge on any atom is -0.399 e. The number of aromatic nitrogens is 1. The van der Waals surface area contributed by atoms with Gasteiger partial charge in [-0.15, -0.1) is 0 Å². The Kier molecular flexibility index (Phi) is 2.60. The number of fused-ring (bicyclic) bond motifs is 2. The number of nitrogen functional groups attached to an aromatic ring is 1. The second-order valence-electron chi connectivity index (χ2n) is 5.53. The number of anilines is 2. The molecule has 1 aliphatic rings. The van der Waals surface area contributed by atoms with Crippen molar-refractivity contribution in [3.8, 4) is 0 Å². The molecule has 0 saturated heterocycles. The van der Waals surface area contributed by atoms with Gasteiger partial charge in [-0.1, -0.05) is 18.2 Å².